The lowest BCUT2D eigenvalue weighted by molar-refractivity contribution is -0.136. The number of carbonyl (C=O) groups excluding carboxylic acids is 1. The first-order valence-electron chi connectivity index (χ1n) is 7.27. The fourth-order valence-corrected chi connectivity index (χ4v) is 3.39. The molecule has 4 rings (SSSR count). The van der Waals surface area contributed by atoms with E-state index in [-0.39, 0.29) is 11.9 Å². The molecule has 0 N–H and O–H groups in total. The standard InChI is InChI=1S/C19H16O2/c1-12-6-8-13(9-7-12)18-15-5-3-2-4-14(15)10-16-17(18)11-21-19(16)20/h2-9,18H,10-11H2,1H3. The molecule has 1 aliphatic heterocycles. The predicted molar refractivity (Wildman–Crippen MR) is 81.2 cm³/mol. The van der Waals surface area contributed by atoms with Crippen LogP contribution in [-0.2, 0) is 16.0 Å². The van der Waals surface area contributed by atoms with Gasteiger partial charge in [0, 0.05) is 17.9 Å². The van der Waals surface area contributed by atoms with Crippen LogP contribution in [0.2, 0.25) is 0 Å². The van der Waals surface area contributed by atoms with Crippen LogP contribution in [0.15, 0.2) is 59.7 Å². The molecule has 0 fully saturated rings. The number of ether oxygens (including phenoxy) is 1. The molecule has 1 heterocycles. The summed E-state index contributed by atoms with van der Waals surface area (Å²) >= 11 is 0. The second kappa shape index (κ2) is 4.59. The van der Waals surface area contributed by atoms with Gasteiger partial charge in [0.1, 0.15) is 6.61 Å². The van der Waals surface area contributed by atoms with E-state index < -0.39 is 0 Å². The minimum absolute atomic E-state index is 0.142. The number of aryl methyl sites for hydroxylation is 1. The summed E-state index contributed by atoms with van der Waals surface area (Å²) in [6.07, 6.45) is 0.701. The van der Waals surface area contributed by atoms with Gasteiger partial charge in [0.15, 0.2) is 0 Å². The number of carbonyl (C=O) groups is 1. The fourth-order valence-electron chi connectivity index (χ4n) is 3.39. The van der Waals surface area contributed by atoms with Crippen molar-refractivity contribution in [3.05, 3.63) is 81.9 Å². The Morgan fingerprint density at radius 1 is 1.05 bits per heavy atom. The Bertz CT molecular complexity index is 753. The zero-order chi connectivity index (χ0) is 14.4. The van der Waals surface area contributed by atoms with Crippen molar-refractivity contribution >= 4 is 5.97 Å². The first-order valence-corrected chi connectivity index (χ1v) is 7.27. The lowest BCUT2D eigenvalue weighted by Gasteiger charge is -2.26. The van der Waals surface area contributed by atoms with Gasteiger partial charge in [-0.2, -0.15) is 0 Å². The van der Waals surface area contributed by atoms with Gasteiger partial charge in [0.25, 0.3) is 0 Å². The number of rotatable bonds is 1. The molecule has 0 aromatic heterocycles. The van der Waals surface area contributed by atoms with E-state index in [1.54, 1.807) is 0 Å². The molecule has 2 aromatic carbocycles. The quantitative estimate of drug-likeness (QED) is 0.745. The Balaban J connectivity index is 1.91. The summed E-state index contributed by atoms with van der Waals surface area (Å²) in [4.78, 5) is 12.0. The molecular formula is C19H16O2. The number of benzene rings is 2. The van der Waals surface area contributed by atoms with Crippen LogP contribution in [0.5, 0.6) is 0 Å². The number of hydrogen-bond donors (Lipinski definition) is 0. The van der Waals surface area contributed by atoms with Gasteiger partial charge in [0.2, 0.25) is 0 Å². The second-order valence-corrected chi connectivity index (χ2v) is 5.80. The van der Waals surface area contributed by atoms with Crippen LogP contribution < -0.4 is 0 Å². The molecule has 0 saturated carbocycles. The Morgan fingerprint density at radius 3 is 2.62 bits per heavy atom. The minimum Gasteiger partial charge on any atom is -0.458 e. The van der Waals surface area contributed by atoms with Crippen molar-refractivity contribution in [2.45, 2.75) is 19.3 Å². The van der Waals surface area contributed by atoms with Crippen molar-refractivity contribution in [2.75, 3.05) is 6.61 Å². The molecule has 0 spiro atoms. The van der Waals surface area contributed by atoms with E-state index in [2.05, 4.69) is 49.4 Å². The van der Waals surface area contributed by atoms with Crippen LogP contribution >= 0.6 is 0 Å². The van der Waals surface area contributed by atoms with E-state index >= 15 is 0 Å². The molecule has 1 aliphatic carbocycles. The molecular weight excluding hydrogens is 260 g/mol. The topological polar surface area (TPSA) is 26.3 Å². The van der Waals surface area contributed by atoms with E-state index in [1.807, 2.05) is 6.07 Å². The number of esters is 1. The van der Waals surface area contributed by atoms with Crippen LogP contribution in [0.4, 0.5) is 0 Å². The average Bonchev–Trinajstić information content (AvgIpc) is 2.87. The summed E-state index contributed by atoms with van der Waals surface area (Å²) in [5.41, 5.74) is 7.02. The van der Waals surface area contributed by atoms with Crippen LogP contribution in [0, 0.1) is 6.92 Å². The van der Waals surface area contributed by atoms with Crippen molar-refractivity contribution in [2.24, 2.45) is 0 Å². The summed E-state index contributed by atoms with van der Waals surface area (Å²) in [7, 11) is 0. The molecule has 0 saturated heterocycles. The van der Waals surface area contributed by atoms with Crippen molar-refractivity contribution in [3.8, 4) is 0 Å². The van der Waals surface area contributed by atoms with E-state index in [1.165, 1.54) is 22.3 Å². The molecule has 0 radical (unpaired) electrons. The van der Waals surface area contributed by atoms with E-state index in [0.29, 0.717) is 13.0 Å². The molecule has 104 valence electrons. The average molecular weight is 276 g/mol. The van der Waals surface area contributed by atoms with Crippen molar-refractivity contribution in [1.82, 2.24) is 0 Å². The van der Waals surface area contributed by atoms with Gasteiger partial charge in [-0.1, -0.05) is 54.1 Å². The van der Waals surface area contributed by atoms with Gasteiger partial charge in [-0.05, 0) is 29.2 Å². The molecule has 1 unspecified atom stereocenters. The van der Waals surface area contributed by atoms with Crippen molar-refractivity contribution < 1.29 is 9.53 Å². The second-order valence-electron chi connectivity index (χ2n) is 5.80. The van der Waals surface area contributed by atoms with Gasteiger partial charge in [-0.3, -0.25) is 0 Å². The highest BCUT2D eigenvalue weighted by Crippen LogP contribution is 2.43. The molecule has 2 heteroatoms. The summed E-state index contributed by atoms with van der Waals surface area (Å²) in [5.74, 6) is 0.00798. The van der Waals surface area contributed by atoms with E-state index in [0.717, 1.165) is 11.1 Å². The summed E-state index contributed by atoms with van der Waals surface area (Å²) in [5, 5.41) is 0. The van der Waals surface area contributed by atoms with Gasteiger partial charge in [0.05, 0.1) is 0 Å². The van der Waals surface area contributed by atoms with Crippen LogP contribution in [0.3, 0.4) is 0 Å². The first kappa shape index (κ1) is 12.4. The predicted octanol–water partition coefficient (Wildman–Crippen LogP) is 3.54. The lowest BCUT2D eigenvalue weighted by Crippen LogP contribution is -2.16. The zero-order valence-corrected chi connectivity index (χ0v) is 11.9. The molecule has 1 atom stereocenters. The Morgan fingerprint density at radius 2 is 1.81 bits per heavy atom. The molecule has 2 aliphatic rings. The maximum absolute atomic E-state index is 12.0. The normalized spacial score (nSPS) is 20.0. The highest BCUT2D eigenvalue weighted by Gasteiger charge is 2.36. The molecule has 0 amide bonds. The Hall–Kier alpha value is -2.35. The minimum atomic E-state index is -0.142. The first-order chi connectivity index (χ1) is 10.2. The zero-order valence-electron chi connectivity index (χ0n) is 11.9. The molecule has 21 heavy (non-hydrogen) atoms. The van der Waals surface area contributed by atoms with E-state index in [9.17, 15) is 4.79 Å². The third-order valence-electron chi connectivity index (χ3n) is 4.49. The Labute approximate surface area is 124 Å². The van der Waals surface area contributed by atoms with Gasteiger partial charge in [-0.25, -0.2) is 4.79 Å². The largest absolute Gasteiger partial charge is 0.458 e. The van der Waals surface area contributed by atoms with Crippen molar-refractivity contribution in [1.29, 1.82) is 0 Å². The van der Waals surface area contributed by atoms with Crippen LogP contribution in [-0.4, -0.2) is 12.6 Å². The highest BCUT2D eigenvalue weighted by molar-refractivity contribution is 5.93. The fraction of sp³-hybridized carbons (Fsp3) is 0.211. The lowest BCUT2D eigenvalue weighted by atomic mass is 9.75. The van der Waals surface area contributed by atoms with Gasteiger partial charge in [-0.15, -0.1) is 0 Å². The SMILES string of the molecule is Cc1ccc(C2C3=C(Cc4ccccc42)C(=O)OC3)cc1. The summed E-state index contributed by atoms with van der Waals surface area (Å²) in [6, 6.07) is 17.0. The maximum atomic E-state index is 12.0. The maximum Gasteiger partial charge on any atom is 0.334 e. The third kappa shape index (κ3) is 1.90. The summed E-state index contributed by atoms with van der Waals surface area (Å²) in [6.45, 7) is 2.52. The molecule has 2 aromatic rings. The van der Waals surface area contributed by atoms with Gasteiger partial charge >= 0.3 is 5.97 Å². The number of hydrogen-bond acceptors (Lipinski definition) is 2. The summed E-state index contributed by atoms with van der Waals surface area (Å²) < 4.78 is 5.29. The molecule has 2 nitrogen and oxygen atoms in total. The van der Waals surface area contributed by atoms with Gasteiger partial charge < -0.3 is 4.74 Å². The van der Waals surface area contributed by atoms with Crippen LogP contribution in [0.25, 0.3) is 0 Å². The third-order valence-corrected chi connectivity index (χ3v) is 4.49. The van der Waals surface area contributed by atoms with Crippen molar-refractivity contribution in [3.63, 3.8) is 0 Å². The van der Waals surface area contributed by atoms with E-state index in [4.69, 9.17) is 4.74 Å². The number of cyclic esters (lactones) is 1. The molecule has 0 bridgehead atoms. The van der Waals surface area contributed by atoms with Crippen LogP contribution in [0.1, 0.15) is 28.2 Å². The Kier molecular flexibility index (Phi) is 2.71. The number of fused-ring (bicyclic) bond motifs is 1. The smallest absolute Gasteiger partial charge is 0.334 e. The highest BCUT2D eigenvalue weighted by atomic mass is 16.5. The monoisotopic (exact) mass is 276 g/mol.